The predicted octanol–water partition coefficient (Wildman–Crippen LogP) is 3.30. The summed E-state index contributed by atoms with van der Waals surface area (Å²) in [4.78, 5) is 15.6. The van der Waals surface area contributed by atoms with Gasteiger partial charge in [-0.05, 0) is 61.9 Å². The van der Waals surface area contributed by atoms with Gasteiger partial charge in [-0.1, -0.05) is 24.3 Å². The van der Waals surface area contributed by atoms with E-state index in [0.717, 1.165) is 35.3 Å². The Balaban J connectivity index is 1.65. The molecule has 7 heteroatoms. The number of carbonyl (C=O) groups is 1. The zero-order valence-electron chi connectivity index (χ0n) is 17.7. The Morgan fingerprint density at radius 1 is 1.13 bits per heavy atom. The van der Waals surface area contributed by atoms with Crippen molar-refractivity contribution in [2.24, 2.45) is 0 Å². The van der Waals surface area contributed by atoms with E-state index in [1.54, 1.807) is 25.3 Å². The zero-order valence-corrected chi connectivity index (χ0v) is 18.5. The maximum absolute atomic E-state index is 13.5. The molecule has 2 aromatic rings. The number of fused-ring (bicyclic) bond motifs is 3. The molecule has 0 radical (unpaired) electrons. The van der Waals surface area contributed by atoms with E-state index in [4.69, 9.17) is 4.74 Å². The van der Waals surface area contributed by atoms with Crippen molar-refractivity contribution in [3.05, 3.63) is 59.2 Å². The van der Waals surface area contributed by atoms with Crippen molar-refractivity contribution >= 4 is 15.9 Å². The highest BCUT2D eigenvalue weighted by Gasteiger charge is 2.41. The summed E-state index contributed by atoms with van der Waals surface area (Å²) in [6, 6.07) is 12.1. The number of ether oxygens (including phenoxy) is 1. The first kappa shape index (κ1) is 20.9. The number of carbonyl (C=O) groups excluding carboxylic acids is 1. The van der Waals surface area contributed by atoms with Crippen molar-refractivity contribution in [3.8, 4) is 5.75 Å². The molecule has 160 valence electrons. The van der Waals surface area contributed by atoms with E-state index in [0.29, 0.717) is 19.4 Å². The molecule has 2 heterocycles. The largest absolute Gasteiger partial charge is 0.496 e. The van der Waals surface area contributed by atoms with E-state index in [9.17, 15) is 13.2 Å². The maximum atomic E-state index is 13.5. The monoisotopic (exact) mass is 428 g/mol. The second kappa shape index (κ2) is 8.04. The lowest BCUT2D eigenvalue weighted by Crippen LogP contribution is -2.50. The summed E-state index contributed by atoms with van der Waals surface area (Å²) < 4.78 is 33.2. The molecule has 1 saturated heterocycles. The Labute approximate surface area is 178 Å². The highest BCUT2D eigenvalue weighted by atomic mass is 32.2. The number of methoxy groups -OCH3 is 1. The van der Waals surface area contributed by atoms with E-state index >= 15 is 0 Å². The second-order valence-electron chi connectivity index (χ2n) is 8.11. The number of rotatable bonds is 4. The van der Waals surface area contributed by atoms with Crippen molar-refractivity contribution in [1.29, 1.82) is 0 Å². The van der Waals surface area contributed by atoms with Crippen molar-refractivity contribution in [1.82, 2.24) is 9.21 Å². The number of amides is 1. The average Bonchev–Trinajstić information content (AvgIpc) is 2.91. The van der Waals surface area contributed by atoms with E-state index in [-0.39, 0.29) is 16.8 Å². The number of benzene rings is 2. The van der Waals surface area contributed by atoms with Crippen LogP contribution in [0.1, 0.15) is 42.0 Å². The maximum Gasteiger partial charge on any atom is 0.243 e. The van der Waals surface area contributed by atoms with Crippen LogP contribution in [0, 0.1) is 6.92 Å². The Hall–Kier alpha value is -2.38. The first-order chi connectivity index (χ1) is 14.3. The van der Waals surface area contributed by atoms with Gasteiger partial charge in [0, 0.05) is 19.2 Å². The fourth-order valence-electron chi connectivity index (χ4n) is 4.75. The van der Waals surface area contributed by atoms with Crippen LogP contribution in [0.25, 0.3) is 0 Å². The summed E-state index contributed by atoms with van der Waals surface area (Å²) in [7, 11) is -0.556. The molecule has 0 spiro atoms. The predicted molar refractivity (Wildman–Crippen MR) is 115 cm³/mol. The smallest absolute Gasteiger partial charge is 0.243 e. The number of hydrogen-bond acceptors (Lipinski definition) is 4. The first-order valence-electron chi connectivity index (χ1n) is 10.4. The van der Waals surface area contributed by atoms with Gasteiger partial charge in [0.2, 0.25) is 15.9 Å². The molecule has 0 N–H and O–H groups in total. The molecule has 2 aromatic carbocycles. The molecule has 6 nitrogen and oxygen atoms in total. The molecule has 1 fully saturated rings. The van der Waals surface area contributed by atoms with Crippen LogP contribution in [-0.2, 0) is 21.2 Å². The van der Waals surface area contributed by atoms with Gasteiger partial charge in [0.05, 0.1) is 18.0 Å². The van der Waals surface area contributed by atoms with E-state index in [1.807, 2.05) is 30.0 Å². The summed E-state index contributed by atoms with van der Waals surface area (Å²) >= 11 is 0. The van der Waals surface area contributed by atoms with E-state index in [2.05, 4.69) is 6.07 Å². The van der Waals surface area contributed by atoms with Gasteiger partial charge >= 0.3 is 0 Å². The fraction of sp³-hybridized carbons (Fsp3) is 0.435. The summed E-state index contributed by atoms with van der Waals surface area (Å²) in [6.07, 6.45) is 2.83. The molecule has 0 bridgehead atoms. The molecule has 2 unspecified atom stereocenters. The molecule has 0 saturated carbocycles. The Morgan fingerprint density at radius 2 is 1.90 bits per heavy atom. The van der Waals surface area contributed by atoms with Crippen molar-refractivity contribution in [3.63, 3.8) is 0 Å². The standard InChI is InChI=1S/C23H28N2O4S/c1-16-7-4-8-17(15-16)30(27,28)24(2)21-11-6-10-20-18-9-5-12-22(29-3)19(18)13-14-25(20)23(21)26/h4-5,7-9,12,15,20-21H,6,10-11,13-14H2,1-3H3. The Kier molecular flexibility index (Phi) is 5.59. The Bertz CT molecular complexity index is 1070. The first-order valence-corrected chi connectivity index (χ1v) is 11.8. The zero-order chi connectivity index (χ0) is 21.5. The Morgan fingerprint density at radius 3 is 2.63 bits per heavy atom. The third-order valence-corrected chi connectivity index (χ3v) is 8.22. The van der Waals surface area contributed by atoms with Crippen LogP contribution in [0.3, 0.4) is 0 Å². The van der Waals surface area contributed by atoms with Gasteiger partial charge in [0.1, 0.15) is 11.8 Å². The van der Waals surface area contributed by atoms with Gasteiger partial charge in [-0.15, -0.1) is 0 Å². The number of aryl methyl sites for hydroxylation is 1. The molecule has 2 atom stereocenters. The lowest BCUT2D eigenvalue weighted by Gasteiger charge is -2.38. The van der Waals surface area contributed by atoms with Crippen LogP contribution in [-0.4, -0.2) is 50.3 Å². The van der Waals surface area contributed by atoms with Gasteiger partial charge < -0.3 is 9.64 Å². The third-order valence-electron chi connectivity index (χ3n) is 6.36. The highest BCUT2D eigenvalue weighted by Crippen LogP contribution is 2.40. The lowest BCUT2D eigenvalue weighted by atomic mass is 9.90. The lowest BCUT2D eigenvalue weighted by molar-refractivity contribution is -0.137. The molecule has 0 aromatic heterocycles. The second-order valence-corrected chi connectivity index (χ2v) is 10.1. The highest BCUT2D eigenvalue weighted by molar-refractivity contribution is 7.89. The molecular weight excluding hydrogens is 400 g/mol. The summed E-state index contributed by atoms with van der Waals surface area (Å²) in [5, 5.41) is 0. The molecule has 30 heavy (non-hydrogen) atoms. The number of hydrogen-bond donors (Lipinski definition) is 0. The molecule has 1 amide bonds. The topological polar surface area (TPSA) is 66.9 Å². The normalized spacial score (nSPS) is 21.7. The minimum Gasteiger partial charge on any atom is -0.496 e. The average molecular weight is 429 g/mol. The molecular formula is C23H28N2O4S. The summed E-state index contributed by atoms with van der Waals surface area (Å²) in [6.45, 7) is 2.44. The number of sulfonamides is 1. The van der Waals surface area contributed by atoms with Crippen molar-refractivity contribution in [2.45, 2.75) is 49.6 Å². The summed E-state index contributed by atoms with van der Waals surface area (Å²) in [5.74, 6) is 0.754. The fourth-order valence-corrected chi connectivity index (χ4v) is 6.20. The molecule has 4 rings (SSSR count). The van der Waals surface area contributed by atoms with Crippen molar-refractivity contribution in [2.75, 3.05) is 20.7 Å². The minimum absolute atomic E-state index is 0.0311. The van der Waals surface area contributed by atoms with Crippen LogP contribution >= 0.6 is 0 Å². The quantitative estimate of drug-likeness (QED) is 0.749. The van der Waals surface area contributed by atoms with E-state index in [1.165, 1.54) is 11.4 Å². The minimum atomic E-state index is -3.75. The van der Waals surface area contributed by atoms with Gasteiger partial charge in [-0.2, -0.15) is 4.31 Å². The van der Waals surface area contributed by atoms with Crippen LogP contribution in [0.4, 0.5) is 0 Å². The number of likely N-dealkylation sites (N-methyl/N-ethyl adjacent to an activating group) is 1. The molecule has 2 aliphatic heterocycles. The van der Waals surface area contributed by atoms with Gasteiger partial charge in [-0.25, -0.2) is 8.42 Å². The van der Waals surface area contributed by atoms with E-state index < -0.39 is 16.1 Å². The van der Waals surface area contributed by atoms with Crippen LogP contribution < -0.4 is 4.74 Å². The SMILES string of the molecule is COc1cccc2c1CCN1C(=O)C(N(C)S(=O)(=O)c3cccc(C)c3)CCCC21. The van der Waals surface area contributed by atoms with Crippen molar-refractivity contribution < 1.29 is 17.9 Å². The number of nitrogens with zero attached hydrogens (tertiary/aromatic N) is 2. The van der Waals surface area contributed by atoms with Gasteiger partial charge in [0.25, 0.3) is 0 Å². The van der Waals surface area contributed by atoms with Crippen LogP contribution in [0.5, 0.6) is 5.75 Å². The van der Waals surface area contributed by atoms with Crippen LogP contribution in [0.15, 0.2) is 47.4 Å². The van der Waals surface area contributed by atoms with Gasteiger partial charge in [0.15, 0.2) is 0 Å². The molecule has 0 aliphatic carbocycles. The summed E-state index contributed by atoms with van der Waals surface area (Å²) in [5.41, 5.74) is 3.16. The van der Waals surface area contributed by atoms with Crippen LogP contribution in [0.2, 0.25) is 0 Å². The third kappa shape index (κ3) is 3.50. The molecule has 2 aliphatic rings. The van der Waals surface area contributed by atoms with Gasteiger partial charge in [-0.3, -0.25) is 4.79 Å².